The Hall–Kier alpha value is -1.63. The molecular formula is C21H30ClN3O2S. The van der Waals surface area contributed by atoms with Crippen molar-refractivity contribution in [1.82, 2.24) is 15.2 Å². The minimum absolute atomic E-state index is 0. The van der Waals surface area contributed by atoms with Crippen molar-refractivity contribution >= 4 is 29.7 Å². The maximum atomic E-state index is 12.8. The molecule has 1 aromatic heterocycles. The highest BCUT2D eigenvalue weighted by molar-refractivity contribution is 7.13. The first-order valence-corrected chi connectivity index (χ1v) is 10.7. The fraction of sp³-hybridized carbons (Fsp3) is 0.524. The van der Waals surface area contributed by atoms with Crippen LogP contribution in [0.25, 0.3) is 10.6 Å². The van der Waals surface area contributed by atoms with Crippen LogP contribution < -0.4 is 10.1 Å². The van der Waals surface area contributed by atoms with Crippen LogP contribution in [0.1, 0.15) is 43.1 Å². The van der Waals surface area contributed by atoms with Gasteiger partial charge in [-0.25, -0.2) is 4.98 Å². The van der Waals surface area contributed by atoms with E-state index in [9.17, 15) is 4.79 Å². The molecule has 154 valence electrons. The van der Waals surface area contributed by atoms with Gasteiger partial charge >= 0.3 is 0 Å². The molecule has 28 heavy (non-hydrogen) atoms. The molecule has 7 heteroatoms. The first-order chi connectivity index (χ1) is 13.2. The lowest BCUT2D eigenvalue weighted by molar-refractivity contribution is 0.0682. The van der Waals surface area contributed by atoms with Crippen molar-refractivity contribution in [3.63, 3.8) is 0 Å². The van der Waals surface area contributed by atoms with Gasteiger partial charge in [-0.1, -0.05) is 6.92 Å². The molecule has 0 bridgehead atoms. The molecule has 1 saturated heterocycles. The Morgan fingerprint density at radius 2 is 2.00 bits per heavy atom. The van der Waals surface area contributed by atoms with E-state index in [-0.39, 0.29) is 18.3 Å². The summed E-state index contributed by atoms with van der Waals surface area (Å²) in [7, 11) is 1.99. The first-order valence-electron chi connectivity index (χ1n) is 9.84. The molecule has 0 atom stereocenters. The number of likely N-dealkylation sites (tertiary alicyclic amines) is 1. The third kappa shape index (κ3) is 5.93. The Balaban J connectivity index is 0.00000280. The SMILES string of the molecule is CCCOc1ccc(-c2nc(C(=O)N3CCC(CCNC)CC3)cs2)cc1.Cl. The van der Waals surface area contributed by atoms with Gasteiger partial charge in [-0.05, 0) is 69.5 Å². The van der Waals surface area contributed by atoms with Gasteiger partial charge in [0.05, 0.1) is 6.61 Å². The average molecular weight is 424 g/mol. The number of carbonyl (C=O) groups is 1. The van der Waals surface area contributed by atoms with E-state index in [1.165, 1.54) is 17.8 Å². The summed E-state index contributed by atoms with van der Waals surface area (Å²) >= 11 is 1.52. The molecule has 1 aliphatic heterocycles. The normalized spacial score (nSPS) is 14.6. The predicted molar refractivity (Wildman–Crippen MR) is 118 cm³/mol. The highest BCUT2D eigenvalue weighted by Gasteiger charge is 2.25. The summed E-state index contributed by atoms with van der Waals surface area (Å²) in [6.07, 6.45) is 4.36. The molecule has 1 aliphatic rings. The second-order valence-corrected chi connectivity index (χ2v) is 7.90. The number of aromatic nitrogens is 1. The number of benzene rings is 1. The van der Waals surface area contributed by atoms with E-state index >= 15 is 0 Å². The molecule has 2 aromatic rings. The largest absolute Gasteiger partial charge is 0.494 e. The number of nitrogens with one attached hydrogen (secondary N) is 1. The molecule has 2 heterocycles. The maximum absolute atomic E-state index is 12.8. The van der Waals surface area contributed by atoms with Gasteiger partial charge in [-0.2, -0.15) is 0 Å². The van der Waals surface area contributed by atoms with Crippen LogP contribution in [0.15, 0.2) is 29.6 Å². The molecule has 0 unspecified atom stereocenters. The molecule has 1 aromatic carbocycles. The summed E-state index contributed by atoms with van der Waals surface area (Å²) < 4.78 is 5.62. The molecule has 0 spiro atoms. The van der Waals surface area contributed by atoms with Crippen molar-refractivity contribution in [2.45, 2.75) is 32.6 Å². The minimum Gasteiger partial charge on any atom is -0.494 e. The highest BCUT2D eigenvalue weighted by atomic mass is 35.5. The van der Waals surface area contributed by atoms with Crippen molar-refractivity contribution in [2.24, 2.45) is 5.92 Å². The number of hydrogen-bond acceptors (Lipinski definition) is 5. The Kier molecular flexibility index (Phi) is 9.22. The van der Waals surface area contributed by atoms with Gasteiger partial charge in [0.2, 0.25) is 0 Å². The summed E-state index contributed by atoms with van der Waals surface area (Å²) in [6.45, 7) is 5.54. The lowest BCUT2D eigenvalue weighted by Gasteiger charge is -2.31. The Morgan fingerprint density at radius 3 is 2.64 bits per heavy atom. The van der Waals surface area contributed by atoms with Gasteiger partial charge in [0.25, 0.3) is 5.91 Å². The molecule has 0 aliphatic carbocycles. The van der Waals surface area contributed by atoms with E-state index in [0.717, 1.165) is 67.7 Å². The number of ether oxygens (including phenoxy) is 1. The van der Waals surface area contributed by atoms with E-state index < -0.39 is 0 Å². The number of thiazole rings is 1. The number of rotatable bonds is 8. The molecule has 3 rings (SSSR count). The molecule has 1 amide bonds. The third-order valence-corrected chi connectivity index (χ3v) is 5.89. The van der Waals surface area contributed by atoms with Crippen molar-refractivity contribution in [2.75, 3.05) is 33.3 Å². The number of amides is 1. The lowest BCUT2D eigenvalue weighted by Crippen LogP contribution is -2.39. The lowest BCUT2D eigenvalue weighted by atomic mass is 9.93. The van der Waals surface area contributed by atoms with Crippen LogP contribution in [-0.4, -0.2) is 49.1 Å². The molecule has 5 nitrogen and oxygen atoms in total. The van der Waals surface area contributed by atoms with E-state index in [0.29, 0.717) is 5.69 Å². The van der Waals surface area contributed by atoms with Crippen LogP contribution in [-0.2, 0) is 0 Å². The van der Waals surface area contributed by atoms with Gasteiger partial charge in [0.15, 0.2) is 0 Å². The van der Waals surface area contributed by atoms with Gasteiger partial charge < -0.3 is 15.0 Å². The topological polar surface area (TPSA) is 54.5 Å². The highest BCUT2D eigenvalue weighted by Crippen LogP contribution is 2.27. The summed E-state index contributed by atoms with van der Waals surface area (Å²) in [5.74, 6) is 1.66. The summed E-state index contributed by atoms with van der Waals surface area (Å²) in [4.78, 5) is 19.3. The van der Waals surface area contributed by atoms with Gasteiger partial charge in [0.1, 0.15) is 16.5 Å². The second kappa shape index (κ2) is 11.4. The van der Waals surface area contributed by atoms with E-state index in [2.05, 4.69) is 17.2 Å². The van der Waals surface area contributed by atoms with Crippen LogP contribution in [0.2, 0.25) is 0 Å². The van der Waals surface area contributed by atoms with E-state index in [1.807, 2.05) is 41.6 Å². The van der Waals surface area contributed by atoms with Crippen molar-refractivity contribution < 1.29 is 9.53 Å². The Morgan fingerprint density at radius 1 is 1.29 bits per heavy atom. The molecular weight excluding hydrogens is 394 g/mol. The zero-order valence-corrected chi connectivity index (χ0v) is 18.3. The first kappa shape index (κ1) is 22.7. The zero-order chi connectivity index (χ0) is 19.1. The minimum atomic E-state index is 0. The van der Waals surface area contributed by atoms with Crippen LogP contribution in [0.3, 0.4) is 0 Å². The third-order valence-electron chi connectivity index (χ3n) is 5.00. The average Bonchev–Trinajstić information content (AvgIpc) is 3.21. The Bertz CT molecular complexity index is 728. The fourth-order valence-electron chi connectivity index (χ4n) is 3.35. The van der Waals surface area contributed by atoms with Gasteiger partial charge in [-0.15, -0.1) is 23.7 Å². The monoisotopic (exact) mass is 423 g/mol. The summed E-state index contributed by atoms with van der Waals surface area (Å²) in [5.41, 5.74) is 1.59. The summed E-state index contributed by atoms with van der Waals surface area (Å²) in [5, 5.41) is 5.97. The number of piperidine rings is 1. The van der Waals surface area contributed by atoms with Gasteiger partial charge in [0, 0.05) is 24.0 Å². The predicted octanol–water partition coefficient (Wildman–Crippen LogP) is 4.48. The van der Waals surface area contributed by atoms with Crippen LogP contribution in [0.4, 0.5) is 0 Å². The van der Waals surface area contributed by atoms with Crippen molar-refractivity contribution in [3.8, 4) is 16.3 Å². The van der Waals surface area contributed by atoms with Crippen LogP contribution in [0, 0.1) is 5.92 Å². The van der Waals surface area contributed by atoms with Crippen molar-refractivity contribution in [3.05, 3.63) is 35.3 Å². The number of nitrogens with zero attached hydrogens (tertiary/aromatic N) is 2. The molecule has 1 fully saturated rings. The van der Waals surface area contributed by atoms with Crippen molar-refractivity contribution in [1.29, 1.82) is 0 Å². The number of carbonyl (C=O) groups excluding carboxylic acids is 1. The molecule has 1 N–H and O–H groups in total. The second-order valence-electron chi connectivity index (χ2n) is 7.04. The zero-order valence-electron chi connectivity index (χ0n) is 16.6. The quantitative estimate of drug-likeness (QED) is 0.679. The maximum Gasteiger partial charge on any atom is 0.273 e. The molecule has 0 saturated carbocycles. The van der Waals surface area contributed by atoms with Crippen LogP contribution in [0.5, 0.6) is 5.75 Å². The van der Waals surface area contributed by atoms with E-state index in [1.54, 1.807) is 0 Å². The smallest absolute Gasteiger partial charge is 0.273 e. The standard InChI is InChI=1S/C21H29N3O2S.ClH/c1-3-14-26-18-6-4-17(5-7-18)20-23-19(15-27-20)21(25)24-12-9-16(10-13-24)8-11-22-2;/h4-7,15-16,22H,3,8-14H2,1-2H3;1H. The Labute approximate surface area is 177 Å². The number of halogens is 1. The van der Waals surface area contributed by atoms with Gasteiger partial charge in [-0.3, -0.25) is 4.79 Å². The molecule has 0 radical (unpaired) electrons. The summed E-state index contributed by atoms with van der Waals surface area (Å²) in [6, 6.07) is 7.93. The van der Waals surface area contributed by atoms with E-state index in [4.69, 9.17) is 4.74 Å². The van der Waals surface area contributed by atoms with Crippen LogP contribution >= 0.6 is 23.7 Å². The number of hydrogen-bond donors (Lipinski definition) is 1. The fourth-order valence-corrected chi connectivity index (χ4v) is 4.15.